The molecule has 0 radical (unpaired) electrons. The summed E-state index contributed by atoms with van der Waals surface area (Å²) in [7, 11) is 1.68. The van der Waals surface area contributed by atoms with Crippen LogP contribution in [-0.4, -0.2) is 15.7 Å². The number of anilines is 1. The topological polar surface area (TPSA) is 70.7 Å². The second-order valence-electron chi connectivity index (χ2n) is 2.94. The molecule has 1 heterocycles. The molecule has 0 aliphatic rings. The molecule has 0 aliphatic carbocycles. The zero-order chi connectivity index (χ0) is 10.6. The Bertz CT molecular complexity index is 375. The summed E-state index contributed by atoms with van der Waals surface area (Å²) in [6.07, 6.45) is 2.67. The molecule has 0 aliphatic heterocycles. The Morgan fingerprint density at radius 2 is 2.50 bits per heavy atom. The Morgan fingerprint density at radius 1 is 1.79 bits per heavy atom. The number of aromatic nitrogens is 2. The Hall–Kier alpha value is -1.83. The second kappa shape index (κ2) is 4.42. The van der Waals surface area contributed by atoms with Crippen molar-refractivity contribution in [1.29, 1.82) is 5.26 Å². The minimum atomic E-state index is -0.0902. The summed E-state index contributed by atoms with van der Waals surface area (Å²) in [6.45, 7) is 1.92. The molecule has 14 heavy (non-hydrogen) atoms. The number of carbonyl (C=O) groups excluding carboxylic acids is 1. The third-order valence-electron chi connectivity index (χ3n) is 1.79. The predicted octanol–water partition coefficient (Wildman–Crippen LogP) is 1.03. The Kier molecular flexibility index (Phi) is 3.24. The van der Waals surface area contributed by atoms with Gasteiger partial charge < -0.3 is 5.32 Å². The van der Waals surface area contributed by atoms with Crippen molar-refractivity contribution in [3.05, 3.63) is 11.8 Å². The molecule has 1 N–H and O–H groups in total. The summed E-state index contributed by atoms with van der Waals surface area (Å²) < 4.78 is 1.48. The van der Waals surface area contributed by atoms with Gasteiger partial charge in [-0.1, -0.05) is 6.92 Å². The zero-order valence-electron chi connectivity index (χ0n) is 8.24. The lowest BCUT2D eigenvalue weighted by Gasteiger charge is -2.04. The molecule has 0 fully saturated rings. The molecule has 0 saturated carbocycles. The van der Waals surface area contributed by atoms with Gasteiger partial charge in [-0.25, -0.2) is 0 Å². The van der Waals surface area contributed by atoms with Crippen LogP contribution in [0.15, 0.2) is 6.20 Å². The van der Waals surface area contributed by atoms with Crippen LogP contribution in [0.3, 0.4) is 0 Å². The number of hydrogen-bond acceptors (Lipinski definition) is 3. The van der Waals surface area contributed by atoms with Gasteiger partial charge in [-0.05, 0) is 6.42 Å². The minimum Gasteiger partial charge on any atom is -0.310 e. The second-order valence-corrected chi connectivity index (χ2v) is 2.94. The first kappa shape index (κ1) is 10.3. The average Bonchev–Trinajstić information content (AvgIpc) is 2.48. The molecule has 74 valence electrons. The molecule has 5 nitrogen and oxygen atoms in total. The summed E-state index contributed by atoms with van der Waals surface area (Å²) in [5.41, 5.74) is 0.386. The quantitative estimate of drug-likeness (QED) is 0.777. The number of aryl methyl sites for hydroxylation is 1. The summed E-state index contributed by atoms with van der Waals surface area (Å²) in [5.74, 6) is 0.374. The van der Waals surface area contributed by atoms with Crippen LogP contribution in [0.1, 0.15) is 25.3 Å². The van der Waals surface area contributed by atoms with Gasteiger partial charge in [-0.2, -0.15) is 10.4 Å². The maximum atomic E-state index is 11.3. The smallest absolute Gasteiger partial charge is 0.225 e. The van der Waals surface area contributed by atoms with Crippen LogP contribution in [0.4, 0.5) is 5.82 Å². The maximum Gasteiger partial charge on any atom is 0.225 e. The molecule has 0 saturated heterocycles. The molecule has 0 aromatic carbocycles. The van der Waals surface area contributed by atoms with Crippen LogP contribution in [0.2, 0.25) is 0 Å². The number of rotatable bonds is 3. The van der Waals surface area contributed by atoms with E-state index in [9.17, 15) is 4.79 Å². The molecular weight excluding hydrogens is 180 g/mol. The fourth-order valence-corrected chi connectivity index (χ4v) is 1.09. The van der Waals surface area contributed by atoms with Crippen LogP contribution in [0, 0.1) is 11.3 Å². The van der Waals surface area contributed by atoms with Gasteiger partial charge in [0.15, 0.2) is 0 Å². The first-order valence-corrected chi connectivity index (χ1v) is 4.41. The average molecular weight is 192 g/mol. The van der Waals surface area contributed by atoms with E-state index in [1.54, 1.807) is 7.05 Å². The standard InChI is InChI=1S/C9H12N4O/c1-3-4-8(14)12-9-7(5-10)6-11-13(9)2/h6H,3-4H2,1-2H3,(H,12,14). The molecule has 1 amide bonds. The molecule has 5 heteroatoms. The van der Waals surface area contributed by atoms with Crippen LogP contribution >= 0.6 is 0 Å². The normalized spacial score (nSPS) is 9.50. The van der Waals surface area contributed by atoms with Crippen molar-refractivity contribution in [3.8, 4) is 6.07 Å². The maximum absolute atomic E-state index is 11.3. The van der Waals surface area contributed by atoms with E-state index in [4.69, 9.17) is 5.26 Å². The van der Waals surface area contributed by atoms with E-state index < -0.39 is 0 Å². The molecular formula is C9H12N4O. The lowest BCUT2D eigenvalue weighted by atomic mass is 10.3. The SMILES string of the molecule is CCCC(=O)Nc1c(C#N)cnn1C. The van der Waals surface area contributed by atoms with E-state index in [0.717, 1.165) is 6.42 Å². The van der Waals surface area contributed by atoms with Crippen LogP contribution in [0.5, 0.6) is 0 Å². The Balaban J connectivity index is 2.80. The highest BCUT2D eigenvalue weighted by Crippen LogP contribution is 2.12. The van der Waals surface area contributed by atoms with E-state index >= 15 is 0 Å². The van der Waals surface area contributed by atoms with E-state index in [1.807, 2.05) is 13.0 Å². The molecule has 0 spiro atoms. The van der Waals surface area contributed by atoms with Gasteiger partial charge in [0, 0.05) is 13.5 Å². The third kappa shape index (κ3) is 2.10. The van der Waals surface area contributed by atoms with E-state index in [2.05, 4.69) is 10.4 Å². The van der Waals surface area contributed by atoms with Crippen molar-refractivity contribution < 1.29 is 4.79 Å². The van der Waals surface area contributed by atoms with Crippen molar-refractivity contribution in [2.75, 3.05) is 5.32 Å². The summed E-state index contributed by atoms with van der Waals surface area (Å²) in [6, 6.07) is 1.97. The Morgan fingerprint density at radius 3 is 3.07 bits per heavy atom. The van der Waals surface area contributed by atoms with Gasteiger partial charge in [0.25, 0.3) is 0 Å². The molecule has 0 bridgehead atoms. The first-order valence-electron chi connectivity index (χ1n) is 4.41. The van der Waals surface area contributed by atoms with Gasteiger partial charge in [-0.15, -0.1) is 0 Å². The van der Waals surface area contributed by atoms with Gasteiger partial charge >= 0.3 is 0 Å². The van der Waals surface area contributed by atoms with Crippen LogP contribution in [0.25, 0.3) is 0 Å². The number of nitrogens with one attached hydrogen (secondary N) is 1. The summed E-state index contributed by atoms with van der Waals surface area (Å²) >= 11 is 0. The van der Waals surface area contributed by atoms with Gasteiger partial charge in [0.2, 0.25) is 5.91 Å². The number of nitriles is 1. The fraction of sp³-hybridized carbons (Fsp3) is 0.444. The van der Waals surface area contributed by atoms with Gasteiger partial charge in [-0.3, -0.25) is 9.48 Å². The molecule has 1 rings (SSSR count). The highest BCUT2D eigenvalue weighted by Gasteiger charge is 2.10. The number of amides is 1. The lowest BCUT2D eigenvalue weighted by Crippen LogP contribution is -2.14. The lowest BCUT2D eigenvalue weighted by molar-refractivity contribution is -0.116. The van der Waals surface area contributed by atoms with Crippen LogP contribution in [-0.2, 0) is 11.8 Å². The van der Waals surface area contributed by atoms with Crippen molar-refractivity contribution in [3.63, 3.8) is 0 Å². The van der Waals surface area contributed by atoms with Crippen LogP contribution < -0.4 is 5.32 Å². The summed E-state index contributed by atoms with van der Waals surface area (Å²) in [4.78, 5) is 11.3. The van der Waals surface area contributed by atoms with Gasteiger partial charge in [0.05, 0.1) is 6.20 Å². The third-order valence-corrected chi connectivity index (χ3v) is 1.79. The van der Waals surface area contributed by atoms with E-state index in [1.165, 1.54) is 10.9 Å². The van der Waals surface area contributed by atoms with Gasteiger partial charge in [0.1, 0.15) is 17.5 Å². The molecule has 1 aromatic rings. The van der Waals surface area contributed by atoms with Crippen molar-refractivity contribution in [2.24, 2.45) is 7.05 Å². The number of hydrogen-bond donors (Lipinski definition) is 1. The monoisotopic (exact) mass is 192 g/mol. The Labute approximate surface area is 82.3 Å². The highest BCUT2D eigenvalue weighted by molar-refractivity contribution is 5.90. The highest BCUT2D eigenvalue weighted by atomic mass is 16.1. The minimum absolute atomic E-state index is 0.0902. The zero-order valence-corrected chi connectivity index (χ0v) is 8.24. The fourth-order valence-electron chi connectivity index (χ4n) is 1.09. The van der Waals surface area contributed by atoms with E-state index in [-0.39, 0.29) is 5.91 Å². The number of carbonyl (C=O) groups is 1. The molecule has 1 aromatic heterocycles. The number of nitrogens with zero attached hydrogens (tertiary/aromatic N) is 3. The van der Waals surface area contributed by atoms with Crippen molar-refractivity contribution in [1.82, 2.24) is 9.78 Å². The largest absolute Gasteiger partial charge is 0.310 e. The molecule has 0 atom stereocenters. The van der Waals surface area contributed by atoms with E-state index in [0.29, 0.717) is 17.8 Å². The first-order chi connectivity index (χ1) is 6.69. The summed E-state index contributed by atoms with van der Waals surface area (Å²) in [5, 5.41) is 15.2. The van der Waals surface area contributed by atoms with Crippen molar-refractivity contribution >= 4 is 11.7 Å². The predicted molar refractivity (Wildman–Crippen MR) is 51.5 cm³/mol. The van der Waals surface area contributed by atoms with Crippen molar-refractivity contribution in [2.45, 2.75) is 19.8 Å². The molecule has 0 unspecified atom stereocenters.